The van der Waals surface area contributed by atoms with Crippen molar-refractivity contribution in [2.75, 3.05) is 26.6 Å². The fourth-order valence-electron chi connectivity index (χ4n) is 2.58. The van der Waals surface area contributed by atoms with Gasteiger partial charge in [-0.25, -0.2) is 0 Å². The van der Waals surface area contributed by atoms with Gasteiger partial charge in [0.15, 0.2) is 11.5 Å². The predicted octanol–water partition coefficient (Wildman–Crippen LogP) is 3.64. The topological polar surface area (TPSA) is 60.0 Å². The Labute approximate surface area is 143 Å². The standard InChI is InChI=1S/C19H25NO4/c1-13(21)11-17(20-15-6-8-16(22-2)9-7-15)14-5-10-18(23-3)19(12-14)24-4/h5-10,12-13,17,20-21H,11H2,1-4H3/t13?,17-/m0/s1. The zero-order valence-corrected chi connectivity index (χ0v) is 14.6. The van der Waals surface area contributed by atoms with E-state index in [-0.39, 0.29) is 6.04 Å². The number of rotatable bonds is 8. The van der Waals surface area contributed by atoms with Crippen LogP contribution in [0, 0.1) is 0 Å². The fraction of sp³-hybridized carbons (Fsp3) is 0.368. The highest BCUT2D eigenvalue weighted by molar-refractivity contribution is 5.50. The van der Waals surface area contributed by atoms with Crippen LogP contribution in [0.25, 0.3) is 0 Å². The molecule has 2 rings (SSSR count). The predicted molar refractivity (Wildman–Crippen MR) is 95.2 cm³/mol. The third-order valence-corrected chi connectivity index (χ3v) is 3.82. The SMILES string of the molecule is COc1ccc(N[C@@H](CC(C)O)c2ccc(OC)c(OC)c2)cc1. The van der Waals surface area contributed by atoms with E-state index in [1.54, 1.807) is 28.3 Å². The Morgan fingerprint density at radius 2 is 1.58 bits per heavy atom. The maximum Gasteiger partial charge on any atom is 0.161 e. The highest BCUT2D eigenvalue weighted by Crippen LogP contribution is 2.33. The molecule has 0 aliphatic carbocycles. The summed E-state index contributed by atoms with van der Waals surface area (Å²) in [7, 11) is 4.87. The van der Waals surface area contributed by atoms with Crippen LogP contribution < -0.4 is 19.5 Å². The number of hydrogen-bond acceptors (Lipinski definition) is 5. The molecular formula is C19H25NO4. The van der Waals surface area contributed by atoms with Crippen LogP contribution in [0.5, 0.6) is 17.2 Å². The van der Waals surface area contributed by atoms with Crippen LogP contribution in [-0.4, -0.2) is 32.5 Å². The lowest BCUT2D eigenvalue weighted by Crippen LogP contribution is -2.16. The van der Waals surface area contributed by atoms with Gasteiger partial charge in [0, 0.05) is 5.69 Å². The van der Waals surface area contributed by atoms with Crippen LogP contribution in [0.15, 0.2) is 42.5 Å². The van der Waals surface area contributed by atoms with Gasteiger partial charge in [0.25, 0.3) is 0 Å². The van der Waals surface area contributed by atoms with Gasteiger partial charge in [0.1, 0.15) is 5.75 Å². The smallest absolute Gasteiger partial charge is 0.161 e. The number of hydrogen-bond donors (Lipinski definition) is 2. The quantitative estimate of drug-likeness (QED) is 0.773. The van der Waals surface area contributed by atoms with Gasteiger partial charge in [-0.1, -0.05) is 6.07 Å². The number of aliphatic hydroxyl groups excluding tert-OH is 1. The zero-order chi connectivity index (χ0) is 17.5. The van der Waals surface area contributed by atoms with Crippen LogP contribution in [-0.2, 0) is 0 Å². The van der Waals surface area contributed by atoms with E-state index >= 15 is 0 Å². The van der Waals surface area contributed by atoms with Crippen LogP contribution in [0.4, 0.5) is 5.69 Å². The Morgan fingerprint density at radius 1 is 0.917 bits per heavy atom. The summed E-state index contributed by atoms with van der Waals surface area (Å²) >= 11 is 0. The summed E-state index contributed by atoms with van der Waals surface area (Å²) in [5, 5.41) is 13.3. The summed E-state index contributed by atoms with van der Waals surface area (Å²) in [4.78, 5) is 0. The molecule has 0 heterocycles. The van der Waals surface area contributed by atoms with Crippen molar-refractivity contribution in [1.29, 1.82) is 0 Å². The summed E-state index contributed by atoms with van der Waals surface area (Å²) in [6, 6.07) is 13.4. The van der Waals surface area contributed by atoms with Crippen LogP contribution in [0.2, 0.25) is 0 Å². The van der Waals surface area contributed by atoms with Gasteiger partial charge in [-0.05, 0) is 55.3 Å². The lowest BCUT2D eigenvalue weighted by molar-refractivity contribution is 0.177. The molecule has 24 heavy (non-hydrogen) atoms. The summed E-state index contributed by atoms with van der Waals surface area (Å²) in [5.41, 5.74) is 1.97. The first-order valence-electron chi connectivity index (χ1n) is 7.88. The third kappa shape index (κ3) is 4.55. The number of ether oxygens (including phenoxy) is 3. The first kappa shape index (κ1) is 17.9. The van der Waals surface area contributed by atoms with Crippen LogP contribution >= 0.6 is 0 Å². The van der Waals surface area contributed by atoms with E-state index in [4.69, 9.17) is 14.2 Å². The molecule has 2 atom stereocenters. The zero-order valence-electron chi connectivity index (χ0n) is 14.6. The monoisotopic (exact) mass is 331 g/mol. The van der Waals surface area contributed by atoms with E-state index in [1.165, 1.54) is 0 Å². The molecule has 0 spiro atoms. The number of nitrogens with one attached hydrogen (secondary N) is 1. The first-order valence-corrected chi connectivity index (χ1v) is 7.88. The van der Waals surface area contributed by atoms with Crippen molar-refractivity contribution in [3.05, 3.63) is 48.0 Å². The highest BCUT2D eigenvalue weighted by atomic mass is 16.5. The molecule has 5 heteroatoms. The summed E-state index contributed by atoms with van der Waals surface area (Å²) < 4.78 is 15.8. The minimum atomic E-state index is -0.436. The molecule has 0 bridgehead atoms. The normalized spacial score (nSPS) is 13.0. The van der Waals surface area contributed by atoms with Crippen molar-refractivity contribution in [3.63, 3.8) is 0 Å². The van der Waals surface area contributed by atoms with E-state index in [2.05, 4.69) is 5.32 Å². The second-order valence-corrected chi connectivity index (χ2v) is 5.62. The average Bonchev–Trinajstić information content (AvgIpc) is 2.60. The number of benzene rings is 2. The maximum absolute atomic E-state index is 9.86. The van der Waals surface area contributed by atoms with Crippen molar-refractivity contribution < 1.29 is 19.3 Å². The summed E-state index contributed by atoms with van der Waals surface area (Å²) in [5.74, 6) is 2.15. The van der Waals surface area contributed by atoms with Gasteiger partial charge < -0.3 is 24.6 Å². The van der Waals surface area contributed by atoms with Gasteiger partial charge >= 0.3 is 0 Å². The average molecular weight is 331 g/mol. The maximum atomic E-state index is 9.86. The second-order valence-electron chi connectivity index (χ2n) is 5.62. The molecule has 0 aromatic heterocycles. The van der Waals surface area contributed by atoms with Gasteiger partial charge in [-0.3, -0.25) is 0 Å². The van der Waals surface area contributed by atoms with E-state index in [0.29, 0.717) is 17.9 Å². The molecule has 130 valence electrons. The van der Waals surface area contributed by atoms with Crippen LogP contribution in [0.1, 0.15) is 24.9 Å². The Balaban J connectivity index is 2.26. The molecule has 0 amide bonds. The molecule has 0 fully saturated rings. The van der Waals surface area contributed by atoms with E-state index in [0.717, 1.165) is 17.0 Å². The first-order chi connectivity index (χ1) is 11.6. The molecule has 1 unspecified atom stereocenters. The summed E-state index contributed by atoms with van der Waals surface area (Å²) in [6.07, 6.45) is 0.135. The number of anilines is 1. The lowest BCUT2D eigenvalue weighted by atomic mass is 10.00. The Bertz CT molecular complexity index is 640. The molecule has 5 nitrogen and oxygen atoms in total. The van der Waals surface area contributed by atoms with Crippen molar-refractivity contribution in [2.45, 2.75) is 25.5 Å². The fourth-order valence-corrected chi connectivity index (χ4v) is 2.58. The van der Waals surface area contributed by atoms with Gasteiger partial charge in [0.2, 0.25) is 0 Å². The molecule has 0 radical (unpaired) electrons. The van der Waals surface area contributed by atoms with E-state index in [1.807, 2.05) is 42.5 Å². The lowest BCUT2D eigenvalue weighted by Gasteiger charge is -2.23. The minimum absolute atomic E-state index is 0.0572. The molecule has 2 N–H and O–H groups in total. The van der Waals surface area contributed by atoms with Gasteiger partial charge in [0.05, 0.1) is 33.5 Å². The van der Waals surface area contributed by atoms with Crippen molar-refractivity contribution in [1.82, 2.24) is 0 Å². The van der Waals surface area contributed by atoms with Crippen molar-refractivity contribution in [3.8, 4) is 17.2 Å². The minimum Gasteiger partial charge on any atom is -0.497 e. The largest absolute Gasteiger partial charge is 0.497 e. The third-order valence-electron chi connectivity index (χ3n) is 3.82. The molecule has 0 aliphatic heterocycles. The van der Waals surface area contributed by atoms with E-state index < -0.39 is 6.10 Å². The Morgan fingerprint density at radius 3 is 2.12 bits per heavy atom. The number of aliphatic hydroxyl groups is 1. The van der Waals surface area contributed by atoms with Gasteiger partial charge in [-0.2, -0.15) is 0 Å². The van der Waals surface area contributed by atoms with Crippen molar-refractivity contribution >= 4 is 5.69 Å². The molecule has 0 saturated heterocycles. The van der Waals surface area contributed by atoms with Crippen LogP contribution in [0.3, 0.4) is 0 Å². The Kier molecular flexibility index (Phi) is 6.32. The van der Waals surface area contributed by atoms with E-state index in [9.17, 15) is 5.11 Å². The molecule has 2 aromatic carbocycles. The second kappa shape index (κ2) is 8.45. The highest BCUT2D eigenvalue weighted by Gasteiger charge is 2.17. The number of methoxy groups -OCH3 is 3. The molecular weight excluding hydrogens is 306 g/mol. The summed E-state index contributed by atoms with van der Waals surface area (Å²) in [6.45, 7) is 1.78. The van der Waals surface area contributed by atoms with Gasteiger partial charge in [-0.15, -0.1) is 0 Å². The molecule has 0 aliphatic rings. The molecule has 0 saturated carbocycles. The Hall–Kier alpha value is -2.40. The van der Waals surface area contributed by atoms with Crippen molar-refractivity contribution in [2.24, 2.45) is 0 Å². The molecule has 2 aromatic rings.